The second-order valence-electron chi connectivity index (χ2n) is 5.57. The molecule has 0 saturated heterocycles. The summed E-state index contributed by atoms with van der Waals surface area (Å²) < 4.78 is 15.3. The zero-order valence-electron chi connectivity index (χ0n) is 14.2. The molecule has 0 heterocycles. The molecule has 0 spiro atoms. The number of aliphatic hydroxyl groups excluding tert-OH is 1. The molecule has 0 aliphatic carbocycles. The molecule has 0 saturated carbocycles. The van der Waals surface area contributed by atoms with Crippen molar-refractivity contribution in [2.24, 2.45) is 11.8 Å². The first kappa shape index (κ1) is 19.2. The fraction of sp³-hybridized carbons (Fsp3) is 0.500. The van der Waals surface area contributed by atoms with Gasteiger partial charge in [-0.05, 0) is 17.7 Å². The van der Waals surface area contributed by atoms with Crippen LogP contribution in [-0.4, -0.2) is 38.0 Å². The molecule has 0 unspecified atom stereocenters. The molecule has 128 valence electrons. The smallest absolute Gasteiger partial charge is 0.330 e. The number of carbonyl (C=O) groups excluding carboxylic acids is 1. The van der Waals surface area contributed by atoms with Crippen molar-refractivity contribution in [3.8, 4) is 5.75 Å². The van der Waals surface area contributed by atoms with E-state index in [1.165, 1.54) is 13.2 Å². The van der Waals surface area contributed by atoms with Crippen LogP contribution in [0.2, 0.25) is 0 Å². The van der Waals surface area contributed by atoms with Gasteiger partial charge in [0.05, 0.1) is 33.5 Å². The van der Waals surface area contributed by atoms with E-state index in [0.29, 0.717) is 13.2 Å². The average molecular weight is 322 g/mol. The standard InChI is InChI=1S/C18H26O5/c1-13(5-10-17(19)22-4)18(20)14(2)11-23-12-15-6-8-16(21-3)9-7-15/h5-10,13-14,18,20H,11-12H2,1-4H3/b10-5+/t13-,14-,18-/m0/s1. The Morgan fingerprint density at radius 2 is 1.87 bits per heavy atom. The van der Waals surface area contributed by atoms with Gasteiger partial charge >= 0.3 is 5.97 Å². The third-order valence-electron chi connectivity index (χ3n) is 3.67. The quantitative estimate of drug-likeness (QED) is 0.559. The third-order valence-corrected chi connectivity index (χ3v) is 3.67. The summed E-state index contributed by atoms with van der Waals surface area (Å²) in [5, 5.41) is 10.2. The lowest BCUT2D eigenvalue weighted by molar-refractivity contribution is -0.134. The molecule has 0 aliphatic rings. The van der Waals surface area contributed by atoms with Crippen molar-refractivity contribution < 1.29 is 24.1 Å². The normalized spacial score (nSPS) is 15.2. The summed E-state index contributed by atoms with van der Waals surface area (Å²) in [5.41, 5.74) is 1.05. The summed E-state index contributed by atoms with van der Waals surface area (Å²) in [6, 6.07) is 7.66. The minimum Gasteiger partial charge on any atom is -0.497 e. The molecule has 0 aromatic heterocycles. The summed E-state index contributed by atoms with van der Waals surface area (Å²) >= 11 is 0. The van der Waals surface area contributed by atoms with Crippen molar-refractivity contribution in [1.82, 2.24) is 0 Å². The van der Waals surface area contributed by atoms with Crippen LogP contribution in [0.3, 0.4) is 0 Å². The summed E-state index contributed by atoms with van der Waals surface area (Å²) in [6.07, 6.45) is 2.39. The van der Waals surface area contributed by atoms with Crippen LogP contribution in [0, 0.1) is 11.8 Å². The van der Waals surface area contributed by atoms with Crippen LogP contribution < -0.4 is 4.74 Å². The van der Waals surface area contributed by atoms with Gasteiger partial charge in [0.1, 0.15) is 5.75 Å². The monoisotopic (exact) mass is 322 g/mol. The van der Waals surface area contributed by atoms with Gasteiger partial charge in [-0.2, -0.15) is 0 Å². The SMILES string of the molecule is COC(=O)/C=C/[C@H](C)[C@H](O)[C@@H](C)COCc1ccc(OC)cc1. The second kappa shape index (κ2) is 10.0. The van der Waals surface area contributed by atoms with Gasteiger partial charge in [0, 0.05) is 17.9 Å². The van der Waals surface area contributed by atoms with E-state index in [1.807, 2.05) is 38.1 Å². The Bertz CT molecular complexity index is 495. The highest BCUT2D eigenvalue weighted by Gasteiger charge is 2.19. The minimum absolute atomic E-state index is 0.0504. The average Bonchev–Trinajstić information content (AvgIpc) is 2.58. The van der Waals surface area contributed by atoms with Crippen LogP contribution in [-0.2, 0) is 20.9 Å². The first-order chi connectivity index (χ1) is 11.0. The van der Waals surface area contributed by atoms with Gasteiger partial charge in [0.15, 0.2) is 0 Å². The molecular weight excluding hydrogens is 296 g/mol. The maximum atomic E-state index is 11.1. The minimum atomic E-state index is -0.591. The van der Waals surface area contributed by atoms with Crippen LogP contribution >= 0.6 is 0 Å². The van der Waals surface area contributed by atoms with Crippen molar-refractivity contribution >= 4 is 5.97 Å². The number of esters is 1. The molecule has 1 rings (SSSR count). The topological polar surface area (TPSA) is 65.0 Å². The number of ether oxygens (including phenoxy) is 3. The Hall–Kier alpha value is -1.85. The van der Waals surface area contributed by atoms with Crippen molar-refractivity contribution in [3.63, 3.8) is 0 Å². The number of benzene rings is 1. The van der Waals surface area contributed by atoms with E-state index < -0.39 is 12.1 Å². The Morgan fingerprint density at radius 3 is 2.43 bits per heavy atom. The highest BCUT2D eigenvalue weighted by Crippen LogP contribution is 2.16. The Labute approximate surface area is 137 Å². The fourth-order valence-electron chi connectivity index (χ4n) is 2.11. The maximum Gasteiger partial charge on any atom is 0.330 e. The summed E-state index contributed by atoms with van der Waals surface area (Å²) in [4.78, 5) is 11.1. The molecule has 5 nitrogen and oxygen atoms in total. The van der Waals surface area contributed by atoms with E-state index in [4.69, 9.17) is 9.47 Å². The Balaban J connectivity index is 2.38. The molecule has 0 bridgehead atoms. The number of methoxy groups -OCH3 is 2. The summed E-state index contributed by atoms with van der Waals surface area (Å²) in [5.74, 6) is 0.176. The van der Waals surface area contributed by atoms with Gasteiger partial charge < -0.3 is 19.3 Å². The molecule has 0 radical (unpaired) electrons. The Morgan fingerprint density at radius 1 is 1.22 bits per heavy atom. The van der Waals surface area contributed by atoms with Gasteiger partial charge in [-0.25, -0.2) is 4.79 Å². The van der Waals surface area contributed by atoms with Gasteiger partial charge in [0.2, 0.25) is 0 Å². The summed E-state index contributed by atoms with van der Waals surface area (Å²) in [6.45, 7) is 4.68. The molecule has 0 amide bonds. The number of carbonyl (C=O) groups is 1. The van der Waals surface area contributed by atoms with Gasteiger partial charge in [-0.1, -0.05) is 32.1 Å². The first-order valence-electron chi connectivity index (χ1n) is 7.62. The van der Waals surface area contributed by atoms with E-state index in [2.05, 4.69) is 4.74 Å². The number of hydrogen-bond acceptors (Lipinski definition) is 5. The number of hydrogen-bond donors (Lipinski definition) is 1. The third kappa shape index (κ3) is 6.84. The van der Waals surface area contributed by atoms with E-state index in [-0.39, 0.29) is 11.8 Å². The van der Waals surface area contributed by atoms with E-state index in [9.17, 15) is 9.90 Å². The predicted octanol–water partition coefficient (Wildman–Crippen LogP) is 2.57. The van der Waals surface area contributed by atoms with Crippen LogP contribution in [0.1, 0.15) is 19.4 Å². The van der Waals surface area contributed by atoms with E-state index >= 15 is 0 Å². The van der Waals surface area contributed by atoms with E-state index in [0.717, 1.165) is 11.3 Å². The molecule has 0 aliphatic heterocycles. The molecule has 1 aromatic carbocycles. The second-order valence-corrected chi connectivity index (χ2v) is 5.57. The molecule has 5 heteroatoms. The maximum absolute atomic E-state index is 11.1. The van der Waals surface area contributed by atoms with Crippen molar-refractivity contribution in [3.05, 3.63) is 42.0 Å². The molecule has 0 fully saturated rings. The van der Waals surface area contributed by atoms with Crippen molar-refractivity contribution in [2.45, 2.75) is 26.6 Å². The first-order valence-corrected chi connectivity index (χ1v) is 7.62. The van der Waals surface area contributed by atoms with Gasteiger partial charge in [0.25, 0.3) is 0 Å². The summed E-state index contributed by atoms with van der Waals surface area (Å²) in [7, 11) is 2.95. The predicted molar refractivity (Wildman–Crippen MR) is 88.1 cm³/mol. The zero-order valence-corrected chi connectivity index (χ0v) is 14.2. The van der Waals surface area contributed by atoms with E-state index in [1.54, 1.807) is 13.2 Å². The lowest BCUT2D eigenvalue weighted by Gasteiger charge is -2.22. The van der Waals surface area contributed by atoms with Crippen molar-refractivity contribution in [1.29, 1.82) is 0 Å². The molecule has 23 heavy (non-hydrogen) atoms. The lowest BCUT2D eigenvalue weighted by atomic mass is 9.93. The lowest BCUT2D eigenvalue weighted by Crippen LogP contribution is -2.28. The van der Waals surface area contributed by atoms with Crippen LogP contribution in [0.4, 0.5) is 0 Å². The number of rotatable bonds is 9. The number of aliphatic hydroxyl groups is 1. The van der Waals surface area contributed by atoms with Crippen molar-refractivity contribution in [2.75, 3.05) is 20.8 Å². The highest BCUT2D eigenvalue weighted by molar-refractivity contribution is 5.81. The Kier molecular flexibility index (Phi) is 8.37. The van der Waals surface area contributed by atoms with Crippen LogP contribution in [0.25, 0.3) is 0 Å². The largest absolute Gasteiger partial charge is 0.497 e. The van der Waals surface area contributed by atoms with Crippen LogP contribution in [0.5, 0.6) is 5.75 Å². The molecule has 1 N–H and O–H groups in total. The highest BCUT2D eigenvalue weighted by atomic mass is 16.5. The zero-order chi connectivity index (χ0) is 17.2. The molecule has 1 aromatic rings. The molecule has 3 atom stereocenters. The molecular formula is C18H26O5. The fourth-order valence-corrected chi connectivity index (χ4v) is 2.11. The van der Waals surface area contributed by atoms with Gasteiger partial charge in [-0.3, -0.25) is 0 Å². The van der Waals surface area contributed by atoms with Gasteiger partial charge in [-0.15, -0.1) is 0 Å². The van der Waals surface area contributed by atoms with Crippen LogP contribution in [0.15, 0.2) is 36.4 Å².